The average molecular weight is 370 g/mol. The predicted octanol–water partition coefficient (Wildman–Crippen LogP) is 3.52. The van der Waals surface area contributed by atoms with E-state index in [9.17, 15) is 17.6 Å². The molecule has 1 aliphatic rings. The fourth-order valence-corrected chi connectivity index (χ4v) is 4.90. The van der Waals surface area contributed by atoms with Gasteiger partial charge in [-0.25, -0.2) is 12.8 Å². The van der Waals surface area contributed by atoms with E-state index in [1.807, 2.05) is 12.1 Å². The van der Waals surface area contributed by atoms with Crippen molar-refractivity contribution in [2.45, 2.75) is 11.3 Å². The molecule has 3 aromatic carbocycles. The minimum absolute atomic E-state index is 0.0112. The van der Waals surface area contributed by atoms with Crippen molar-refractivity contribution in [3.05, 3.63) is 66.5 Å². The molecule has 1 amide bonds. The van der Waals surface area contributed by atoms with E-state index in [4.69, 9.17) is 0 Å². The quantitative estimate of drug-likeness (QED) is 0.764. The number of sulfonamides is 1. The lowest BCUT2D eigenvalue weighted by Crippen LogP contribution is -2.30. The zero-order chi connectivity index (χ0) is 18.3. The van der Waals surface area contributed by atoms with Crippen LogP contribution in [0.15, 0.2) is 65.6 Å². The largest absolute Gasteiger partial charge is 0.326 e. The number of benzene rings is 3. The van der Waals surface area contributed by atoms with Crippen LogP contribution in [0.2, 0.25) is 0 Å². The summed E-state index contributed by atoms with van der Waals surface area (Å²) < 4.78 is 40.1. The molecular weight excluding hydrogens is 355 g/mol. The van der Waals surface area contributed by atoms with E-state index in [0.29, 0.717) is 16.8 Å². The fourth-order valence-electron chi connectivity index (χ4n) is 3.19. The van der Waals surface area contributed by atoms with Crippen LogP contribution >= 0.6 is 0 Å². The van der Waals surface area contributed by atoms with E-state index in [1.54, 1.807) is 30.3 Å². The van der Waals surface area contributed by atoms with Crippen molar-refractivity contribution in [3.8, 4) is 0 Å². The normalized spacial score (nSPS) is 14.6. The van der Waals surface area contributed by atoms with Gasteiger partial charge < -0.3 is 5.32 Å². The lowest BCUT2D eigenvalue weighted by Gasteiger charge is -2.18. The molecule has 0 radical (unpaired) electrons. The van der Waals surface area contributed by atoms with Crippen molar-refractivity contribution in [2.75, 3.05) is 16.2 Å². The first-order chi connectivity index (χ1) is 12.5. The Balaban J connectivity index is 1.56. The predicted molar refractivity (Wildman–Crippen MR) is 98.1 cm³/mol. The maximum absolute atomic E-state index is 13.2. The summed E-state index contributed by atoms with van der Waals surface area (Å²) in [7, 11) is -3.68. The highest BCUT2D eigenvalue weighted by Gasteiger charge is 2.35. The Bertz CT molecular complexity index is 1120. The molecular formula is C19H15FN2O3S. The molecule has 0 saturated heterocycles. The van der Waals surface area contributed by atoms with Crippen molar-refractivity contribution < 1.29 is 17.6 Å². The molecule has 1 N–H and O–H groups in total. The first-order valence-corrected chi connectivity index (χ1v) is 9.51. The second-order valence-corrected chi connectivity index (χ2v) is 7.85. The number of halogens is 1. The third-order valence-corrected chi connectivity index (χ3v) is 6.19. The van der Waals surface area contributed by atoms with Gasteiger partial charge in [-0.3, -0.25) is 9.10 Å². The summed E-state index contributed by atoms with van der Waals surface area (Å²) in [5.41, 5.74) is 0.918. The van der Waals surface area contributed by atoms with Gasteiger partial charge in [-0.05, 0) is 35.7 Å². The highest BCUT2D eigenvalue weighted by molar-refractivity contribution is 7.93. The van der Waals surface area contributed by atoms with E-state index < -0.39 is 15.8 Å². The van der Waals surface area contributed by atoms with Gasteiger partial charge in [0.05, 0.1) is 10.6 Å². The molecule has 0 unspecified atom stereocenters. The first-order valence-electron chi connectivity index (χ1n) is 8.07. The van der Waals surface area contributed by atoms with Crippen molar-refractivity contribution >= 4 is 38.1 Å². The van der Waals surface area contributed by atoms with Gasteiger partial charge in [-0.1, -0.05) is 30.3 Å². The SMILES string of the molecule is O=C(CCN1c2cccc3cccc(c23)S1(=O)=O)Nc1cccc(F)c1. The van der Waals surface area contributed by atoms with E-state index >= 15 is 0 Å². The fraction of sp³-hybridized carbons (Fsp3) is 0.105. The van der Waals surface area contributed by atoms with Gasteiger partial charge >= 0.3 is 0 Å². The molecule has 7 heteroatoms. The average Bonchev–Trinajstić information content (AvgIpc) is 2.82. The number of rotatable bonds is 4. The first kappa shape index (κ1) is 16.5. The highest BCUT2D eigenvalue weighted by Crippen LogP contribution is 2.41. The summed E-state index contributed by atoms with van der Waals surface area (Å²) in [6.07, 6.45) is -0.0415. The molecule has 0 spiro atoms. The molecule has 4 rings (SSSR count). The van der Waals surface area contributed by atoms with Gasteiger partial charge in [0.15, 0.2) is 0 Å². The highest BCUT2D eigenvalue weighted by atomic mass is 32.2. The van der Waals surface area contributed by atoms with Gasteiger partial charge in [-0.2, -0.15) is 0 Å². The van der Waals surface area contributed by atoms with Crippen LogP contribution in [0, 0.1) is 5.82 Å². The molecule has 1 heterocycles. The van der Waals surface area contributed by atoms with Crippen LogP contribution in [0.5, 0.6) is 0 Å². The van der Waals surface area contributed by atoms with Gasteiger partial charge in [0.2, 0.25) is 5.91 Å². The van der Waals surface area contributed by atoms with Crippen molar-refractivity contribution in [2.24, 2.45) is 0 Å². The van der Waals surface area contributed by atoms with Crippen LogP contribution in [0.25, 0.3) is 10.8 Å². The molecule has 0 aromatic heterocycles. The molecule has 132 valence electrons. The molecule has 5 nitrogen and oxygen atoms in total. The molecule has 26 heavy (non-hydrogen) atoms. The molecule has 3 aromatic rings. The number of nitrogens with zero attached hydrogens (tertiary/aromatic N) is 1. The number of carbonyl (C=O) groups is 1. The second kappa shape index (κ2) is 6.10. The van der Waals surface area contributed by atoms with Gasteiger partial charge in [0.1, 0.15) is 5.82 Å². The summed E-state index contributed by atoms with van der Waals surface area (Å²) in [6, 6.07) is 16.1. The van der Waals surface area contributed by atoms with E-state index in [2.05, 4.69) is 5.32 Å². The maximum Gasteiger partial charge on any atom is 0.265 e. The number of amides is 1. The van der Waals surface area contributed by atoms with Crippen LogP contribution < -0.4 is 9.62 Å². The van der Waals surface area contributed by atoms with Crippen LogP contribution in [-0.4, -0.2) is 20.9 Å². The molecule has 0 atom stereocenters. The van der Waals surface area contributed by atoms with Crippen LogP contribution in [0.4, 0.5) is 15.8 Å². The van der Waals surface area contributed by atoms with E-state index in [-0.39, 0.29) is 23.8 Å². The standard InChI is InChI=1S/C19H15FN2O3S/c20-14-6-3-7-15(12-14)21-18(23)10-11-22-16-8-1-4-13-5-2-9-17(19(13)16)26(22,24)25/h1-9,12H,10-11H2,(H,21,23). The van der Waals surface area contributed by atoms with Crippen molar-refractivity contribution in [1.29, 1.82) is 0 Å². The molecule has 0 aliphatic carbocycles. The van der Waals surface area contributed by atoms with Gasteiger partial charge in [0, 0.05) is 24.0 Å². The minimum atomic E-state index is -3.68. The zero-order valence-corrected chi connectivity index (χ0v) is 14.5. The topological polar surface area (TPSA) is 66.5 Å². The third kappa shape index (κ3) is 2.70. The number of carbonyl (C=O) groups excluding carboxylic acids is 1. The second-order valence-electron chi connectivity index (χ2n) is 6.02. The minimum Gasteiger partial charge on any atom is -0.326 e. The molecule has 0 bridgehead atoms. The monoisotopic (exact) mass is 370 g/mol. The summed E-state index contributed by atoms with van der Waals surface area (Å²) in [4.78, 5) is 12.4. The summed E-state index contributed by atoms with van der Waals surface area (Å²) in [5, 5.41) is 4.10. The van der Waals surface area contributed by atoms with Crippen LogP contribution in [-0.2, 0) is 14.8 Å². The number of hydrogen-bond acceptors (Lipinski definition) is 3. The zero-order valence-electron chi connectivity index (χ0n) is 13.6. The molecule has 0 fully saturated rings. The lowest BCUT2D eigenvalue weighted by molar-refractivity contribution is -0.116. The number of hydrogen-bond donors (Lipinski definition) is 1. The Labute approximate surface area is 150 Å². The van der Waals surface area contributed by atoms with Gasteiger partial charge in [-0.15, -0.1) is 0 Å². The Hall–Kier alpha value is -2.93. The molecule has 0 saturated carbocycles. The Kier molecular flexibility index (Phi) is 3.88. The lowest BCUT2D eigenvalue weighted by atomic mass is 10.1. The Morgan fingerprint density at radius 2 is 1.77 bits per heavy atom. The van der Waals surface area contributed by atoms with Gasteiger partial charge in [0.25, 0.3) is 10.0 Å². The van der Waals surface area contributed by atoms with Crippen LogP contribution in [0.3, 0.4) is 0 Å². The summed E-state index contributed by atoms with van der Waals surface area (Å²) in [6.45, 7) is 0.0112. The Morgan fingerprint density at radius 1 is 1.04 bits per heavy atom. The summed E-state index contributed by atoms with van der Waals surface area (Å²) in [5.74, 6) is -0.832. The third-order valence-electron chi connectivity index (χ3n) is 4.33. The number of anilines is 2. The van der Waals surface area contributed by atoms with Crippen molar-refractivity contribution in [3.63, 3.8) is 0 Å². The van der Waals surface area contributed by atoms with E-state index in [0.717, 1.165) is 5.39 Å². The smallest absolute Gasteiger partial charge is 0.265 e. The maximum atomic E-state index is 13.2. The summed E-state index contributed by atoms with van der Waals surface area (Å²) >= 11 is 0. The van der Waals surface area contributed by atoms with E-state index in [1.165, 1.54) is 22.5 Å². The van der Waals surface area contributed by atoms with Crippen LogP contribution in [0.1, 0.15) is 6.42 Å². The number of nitrogens with one attached hydrogen (secondary N) is 1. The molecule has 1 aliphatic heterocycles. The van der Waals surface area contributed by atoms with Crippen molar-refractivity contribution in [1.82, 2.24) is 0 Å². The Morgan fingerprint density at radius 3 is 2.54 bits per heavy atom.